The highest BCUT2D eigenvalue weighted by Gasteiger charge is 2.26. The van der Waals surface area contributed by atoms with Gasteiger partial charge in [-0.1, -0.05) is 13.8 Å². The summed E-state index contributed by atoms with van der Waals surface area (Å²) < 4.78 is 0. The third kappa shape index (κ3) is 4.14. The standard InChI is InChI=1S/C15H24N4O.ClH/c1-10(2)14-13(8-17-11(3)18-14)15(20)19-7-5-6-12(9-19)16-4;/h8,10,12,16H,5-7,9H2,1-4H3;1H. The molecule has 21 heavy (non-hydrogen) atoms. The number of hydrogen-bond acceptors (Lipinski definition) is 4. The molecule has 1 aliphatic heterocycles. The number of rotatable bonds is 3. The van der Waals surface area contributed by atoms with Crippen molar-refractivity contribution in [2.75, 3.05) is 20.1 Å². The molecular formula is C15H25ClN4O. The van der Waals surface area contributed by atoms with E-state index in [1.807, 2.05) is 18.9 Å². The second-order valence-corrected chi connectivity index (χ2v) is 5.75. The Hall–Kier alpha value is -1.20. The number of amides is 1. The van der Waals surface area contributed by atoms with E-state index in [0.29, 0.717) is 11.6 Å². The zero-order chi connectivity index (χ0) is 14.7. The Morgan fingerprint density at radius 2 is 2.19 bits per heavy atom. The number of aryl methyl sites for hydroxylation is 1. The van der Waals surface area contributed by atoms with Crippen LogP contribution in [0.5, 0.6) is 0 Å². The van der Waals surface area contributed by atoms with Crippen LogP contribution in [0.4, 0.5) is 0 Å². The summed E-state index contributed by atoms with van der Waals surface area (Å²) in [5.41, 5.74) is 1.51. The van der Waals surface area contributed by atoms with Crippen LogP contribution in [0.3, 0.4) is 0 Å². The number of aromatic nitrogens is 2. The quantitative estimate of drug-likeness (QED) is 0.929. The Morgan fingerprint density at radius 3 is 2.81 bits per heavy atom. The number of piperidine rings is 1. The monoisotopic (exact) mass is 312 g/mol. The molecule has 1 atom stereocenters. The molecule has 1 unspecified atom stereocenters. The van der Waals surface area contributed by atoms with Crippen molar-refractivity contribution in [1.29, 1.82) is 0 Å². The molecule has 1 aliphatic rings. The lowest BCUT2D eigenvalue weighted by Crippen LogP contribution is -2.47. The number of likely N-dealkylation sites (tertiary alicyclic amines) is 1. The first kappa shape index (κ1) is 17.9. The maximum atomic E-state index is 12.7. The van der Waals surface area contributed by atoms with E-state index in [1.54, 1.807) is 6.20 Å². The summed E-state index contributed by atoms with van der Waals surface area (Å²) in [6.07, 6.45) is 3.85. The van der Waals surface area contributed by atoms with Gasteiger partial charge in [0.25, 0.3) is 5.91 Å². The van der Waals surface area contributed by atoms with Crippen molar-refractivity contribution >= 4 is 18.3 Å². The van der Waals surface area contributed by atoms with E-state index in [-0.39, 0.29) is 24.2 Å². The molecule has 0 aliphatic carbocycles. The SMILES string of the molecule is CNC1CCCN(C(=O)c2cnc(C)nc2C(C)C)C1.Cl. The van der Waals surface area contributed by atoms with Crippen molar-refractivity contribution in [3.63, 3.8) is 0 Å². The summed E-state index contributed by atoms with van der Waals surface area (Å²) in [5.74, 6) is 1.01. The molecule has 0 aromatic carbocycles. The first-order valence-corrected chi connectivity index (χ1v) is 7.33. The van der Waals surface area contributed by atoms with E-state index < -0.39 is 0 Å². The predicted octanol–water partition coefficient (Wildman–Crippen LogP) is 2.15. The van der Waals surface area contributed by atoms with E-state index in [1.165, 1.54) is 0 Å². The van der Waals surface area contributed by atoms with E-state index in [9.17, 15) is 4.79 Å². The van der Waals surface area contributed by atoms with Gasteiger partial charge < -0.3 is 10.2 Å². The lowest BCUT2D eigenvalue weighted by molar-refractivity contribution is 0.0695. The van der Waals surface area contributed by atoms with E-state index in [4.69, 9.17) is 0 Å². The van der Waals surface area contributed by atoms with Crippen LogP contribution < -0.4 is 5.32 Å². The minimum Gasteiger partial charge on any atom is -0.337 e. The van der Waals surface area contributed by atoms with Gasteiger partial charge in [-0.25, -0.2) is 9.97 Å². The van der Waals surface area contributed by atoms with Crippen LogP contribution >= 0.6 is 12.4 Å². The molecule has 0 saturated carbocycles. The molecule has 0 radical (unpaired) electrons. The Morgan fingerprint density at radius 1 is 1.48 bits per heavy atom. The van der Waals surface area contributed by atoms with Crippen LogP contribution in [0, 0.1) is 6.92 Å². The van der Waals surface area contributed by atoms with Crippen molar-refractivity contribution in [3.8, 4) is 0 Å². The topological polar surface area (TPSA) is 58.1 Å². The molecule has 1 fully saturated rings. The Balaban J connectivity index is 0.00000220. The average molecular weight is 313 g/mol. The maximum absolute atomic E-state index is 12.7. The molecular weight excluding hydrogens is 288 g/mol. The lowest BCUT2D eigenvalue weighted by atomic mass is 10.0. The van der Waals surface area contributed by atoms with Gasteiger partial charge in [0.1, 0.15) is 5.82 Å². The zero-order valence-electron chi connectivity index (χ0n) is 13.2. The molecule has 1 aromatic heterocycles. The van der Waals surface area contributed by atoms with Crippen molar-refractivity contribution in [2.45, 2.75) is 45.6 Å². The summed E-state index contributed by atoms with van der Waals surface area (Å²) in [5, 5.41) is 3.26. The zero-order valence-corrected chi connectivity index (χ0v) is 14.0. The van der Waals surface area contributed by atoms with Crippen molar-refractivity contribution in [2.24, 2.45) is 0 Å². The smallest absolute Gasteiger partial charge is 0.257 e. The fraction of sp³-hybridized carbons (Fsp3) is 0.667. The average Bonchev–Trinajstić information content (AvgIpc) is 2.46. The largest absolute Gasteiger partial charge is 0.337 e. The number of carbonyl (C=O) groups excluding carboxylic acids is 1. The minimum absolute atomic E-state index is 0. The third-order valence-corrected chi connectivity index (χ3v) is 3.83. The van der Waals surface area contributed by atoms with Gasteiger partial charge in [-0.15, -0.1) is 12.4 Å². The van der Waals surface area contributed by atoms with E-state index >= 15 is 0 Å². The lowest BCUT2D eigenvalue weighted by Gasteiger charge is -2.33. The van der Waals surface area contributed by atoms with Gasteiger partial charge in [-0.2, -0.15) is 0 Å². The molecule has 1 N–H and O–H groups in total. The molecule has 5 nitrogen and oxygen atoms in total. The summed E-state index contributed by atoms with van der Waals surface area (Å²) in [6.45, 7) is 7.57. The Kier molecular flexibility index (Phi) is 6.55. The fourth-order valence-corrected chi connectivity index (χ4v) is 2.66. The van der Waals surface area contributed by atoms with Crippen LogP contribution in [0.1, 0.15) is 54.5 Å². The predicted molar refractivity (Wildman–Crippen MR) is 86.1 cm³/mol. The van der Waals surface area contributed by atoms with E-state index in [2.05, 4.69) is 29.1 Å². The van der Waals surface area contributed by atoms with Gasteiger partial charge in [0, 0.05) is 25.3 Å². The summed E-state index contributed by atoms with van der Waals surface area (Å²) in [6, 6.07) is 0.390. The molecule has 1 aromatic rings. The van der Waals surface area contributed by atoms with Gasteiger partial charge >= 0.3 is 0 Å². The second kappa shape index (κ2) is 7.71. The van der Waals surface area contributed by atoms with E-state index in [0.717, 1.165) is 37.4 Å². The first-order chi connectivity index (χ1) is 9.52. The Bertz CT molecular complexity index is 493. The van der Waals surface area contributed by atoms with Gasteiger partial charge in [-0.3, -0.25) is 4.79 Å². The van der Waals surface area contributed by atoms with Gasteiger partial charge in [0.2, 0.25) is 0 Å². The molecule has 118 valence electrons. The van der Waals surface area contributed by atoms with Crippen molar-refractivity contribution < 1.29 is 4.79 Å². The number of hydrogen-bond donors (Lipinski definition) is 1. The highest BCUT2D eigenvalue weighted by Crippen LogP contribution is 2.20. The third-order valence-electron chi connectivity index (χ3n) is 3.83. The molecule has 1 saturated heterocycles. The number of carbonyl (C=O) groups is 1. The maximum Gasteiger partial charge on any atom is 0.257 e. The van der Waals surface area contributed by atoms with Crippen LogP contribution in [-0.4, -0.2) is 47.0 Å². The van der Waals surface area contributed by atoms with Gasteiger partial charge in [0.15, 0.2) is 0 Å². The summed E-state index contributed by atoms with van der Waals surface area (Å²) in [7, 11) is 1.95. The minimum atomic E-state index is 0. The number of halogens is 1. The Labute approximate surface area is 133 Å². The number of likely N-dealkylation sites (N-methyl/N-ethyl adjacent to an activating group) is 1. The molecule has 6 heteroatoms. The summed E-state index contributed by atoms with van der Waals surface area (Å²) in [4.78, 5) is 23.3. The van der Waals surface area contributed by atoms with Crippen LogP contribution in [0.2, 0.25) is 0 Å². The van der Waals surface area contributed by atoms with Crippen molar-refractivity contribution in [3.05, 3.63) is 23.3 Å². The number of nitrogens with zero attached hydrogens (tertiary/aromatic N) is 3. The molecule has 1 amide bonds. The molecule has 2 heterocycles. The normalized spacial score (nSPS) is 18.5. The fourth-order valence-electron chi connectivity index (χ4n) is 2.66. The molecule has 0 spiro atoms. The van der Waals surface area contributed by atoms with Gasteiger partial charge in [0.05, 0.1) is 11.3 Å². The summed E-state index contributed by atoms with van der Waals surface area (Å²) >= 11 is 0. The van der Waals surface area contributed by atoms with Crippen LogP contribution in [0.15, 0.2) is 6.20 Å². The molecule has 2 rings (SSSR count). The highest BCUT2D eigenvalue weighted by atomic mass is 35.5. The highest BCUT2D eigenvalue weighted by molar-refractivity contribution is 5.95. The van der Waals surface area contributed by atoms with Crippen molar-refractivity contribution in [1.82, 2.24) is 20.2 Å². The second-order valence-electron chi connectivity index (χ2n) is 5.75. The van der Waals surface area contributed by atoms with Crippen LogP contribution in [0.25, 0.3) is 0 Å². The first-order valence-electron chi connectivity index (χ1n) is 7.33. The van der Waals surface area contributed by atoms with Crippen LogP contribution in [-0.2, 0) is 0 Å². The number of nitrogens with one attached hydrogen (secondary N) is 1. The molecule has 0 bridgehead atoms. The van der Waals surface area contributed by atoms with Gasteiger partial charge in [-0.05, 0) is 32.7 Å².